The van der Waals surface area contributed by atoms with Crippen LogP contribution in [0.2, 0.25) is 0 Å². The molecule has 0 saturated carbocycles. The van der Waals surface area contributed by atoms with Crippen molar-refractivity contribution in [3.05, 3.63) is 36.0 Å². The highest BCUT2D eigenvalue weighted by Crippen LogP contribution is 2.16. The van der Waals surface area contributed by atoms with E-state index in [1.165, 1.54) is 0 Å². The van der Waals surface area contributed by atoms with Gasteiger partial charge in [0.1, 0.15) is 0 Å². The lowest BCUT2D eigenvalue weighted by atomic mass is 10.1. The van der Waals surface area contributed by atoms with Crippen LogP contribution in [0.3, 0.4) is 0 Å². The second-order valence-electron chi connectivity index (χ2n) is 3.68. The molecule has 0 bridgehead atoms. The summed E-state index contributed by atoms with van der Waals surface area (Å²) in [6.45, 7) is 2.58. The van der Waals surface area contributed by atoms with E-state index in [9.17, 15) is 0 Å². The van der Waals surface area contributed by atoms with Gasteiger partial charge in [0.2, 0.25) is 5.89 Å². The molecule has 0 aliphatic rings. The van der Waals surface area contributed by atoms with Crippen LogP contribution >= 0.6 is 0 Å². The summed E-state index contributed by atoms with van der Waals surface area (Å²) >= 11 is 0. The molecule has 17 heavy (non-hydrogen) atoms. The van der Waals surface area contributed by atoms with E-state index in [4.69, 9.17) is 4.42 Å². The third-order valence-electron chi connectivity index (χ3n) is 2.32. The Bertz CT molecular complexity index is 456. The van der Waals surface area contributed by atoms with Crippen molar-refractivity contribution >= 4 is 6.01 Å². The Kier molecular flexibility index (Phi) is 3.66. The van der Waals surface area contributed by atoms with Crippen molar-refractivity contribution in [1.29, 1.82) is 0 Å². The molecule has 90 valence electrons. The van der Waals surface area contributed by atoms with E-state index in [0.29, 0.717) is 18.5 Å². The number of pyridine rings is 1. The molecule has 6 nitrogen and oxygen atoms in total. The maximum Gasteiger partial charge on any atom is 0.315 e. The molecule has 0 saturated heterocycles. The van der Waals surface area contributed by atoms with Crippen LogP contribution in [0, 0.1) is 0 Å². The molecule has 2 aromatic heterocycles. The van der Waals surface area contributed by atoms with Gasteiger partial charge < -0.3 is 15.1 Å². The van der Waals surface area contributed by atoms with Gasteiger partial charge in [0.25, 0.3) is 0 Å². The van der Waals surface area contributed by atoms with Crippen LogP contribution in [0.25, 0.3) is 0 Å². The number of aromatic nitrogens is 3. The lowest BCUT2D eigenvalue weighted by molar-refractivity contribution is 0.486. The van der Waals surface area contributed by atoms with Gasteiger partial charge in [0.05, 0.1) is 12.6 Å². The summed E-state index contributed by atoms with van der Waals surface area (Å²) in [5.74, 6) is 0.563. The standard InChI is InChI=1S/C11H15N5O/c1-8(9-4-3-5-13-6-9)14-11-16-15-10(17-11)7-12-2/h3-6,8,12H,7H2,1-2H3,(H,14,16). The number of anilines is 1. The molecule has 6 heteroatoms. The van der Waals surface area contributed by atoms with Gasteiger partial charge in [-0.2, -0.15) is 0 Å². The van der Waals surface area contributed by atoms with E-state index in [1.54, 1.807) is 6.20 Å². The Labute approximate surface area is 99.5 Å². The lowest BCUT2D eigenvalue weighted by Gasteiger charge is -2.10. The monoisotopic (exact) mass is 233 g/mol. The Morgan fingerprint density at radius 3 is 3.00 bits per heavy atom. The molecular formula is C11H15N5O. The molecular weight excluding hydrogens is 218 g/mol. The number of nitrogens with one attached hydrogen (secondary N) is 2. The largest absolute Gasteiger partial charge is 0.407 e. The fourth-order valence-corrected chi connectivity index (χ4v) is 1.44. The molecule has 1 unspecified atom stereocenters. The van der Waals surface area contributed by atoms with E-state index in [-0.39, 0.29) is 6.04 Å². The first-order valence-corrected chi connectivity index (χ1v) is 5.43. The molecule has 0 radical (unpaired) electrons. The molecule has 0 aliphatic heterocycles. The summed E-state index contributed by atoms with van der Waals surface area (Å²) in [7, 11) is 1.83. The average molecular weight is 233 g/mol. The first-order valence-electron chi connectivity index (χ1n) is 5.43. The van der Waals surface area contributed by atoms with Crippen LogP contribution in [-0.2, 0) is 6.54 Å². The zero-order chi connectivity index (χ0) is 12.1. The van der Waals surface area contributed by atoms with E-state index in [1.807, 2.05) is 32.3 Å². The van der Waals surface area contributed by atoms with Crippen LogP contribution in [0.15, 0.2) is 28.9 Å². The smallest absolute Gasteiger partial charge is 0.315 e. The molecule has 2 N–H and O–H groups in total. The lowest BCUT2D eigenvalue weighted by Crippen LogP contribution is -2.07. The predicted octanol–water partition coefficient (Wildman–Crippen LogP) is 1.36. The minimum atomic E-state index is 0.0755. The molecule has 2 aromatic rings. The Balaban J connectivity index is 2.00. The summed E-state index contributed by atoms with van der Waals surface area (Å²) in [6.07, 6.45) is 3.55. The second kappa shape index (κ2) is 5.40. The van der Waals surface area contributed by atoms with Crippen LogP contribution in [-0.4, -0.2) is 22.2 Å². The zero-order valence-electron chi connectivity index (χ0n) is 9.84. The first-order chi connectivity index (χ1) is 8.29. The number of rotatable bonds is 5. The van der Waals surface area contributed by atoms with Crippen molar-refractivity contribution < 1.29 is 4.42 Å². The molecule has 2 heterocycles. The number of hydrogen-bond acceptors (Lipinski definition) is 6. The maximum absolute atomic E-state index is 5.40. The van der Waals surface area contributed by atoms with Crippen LogP contribution in [0.5, 0.6) is 0 Å². The topological polar surface area (TPSA) is 75.9 Å². The normalized spacial score (nSPS) is 12.4. The van der Waals surface area contributed by atoms with Gasteiger partial charge in [-0.15, -0.1) is 5.10 Å². The molecule has 0 aliphatic carbocycles. The minimum Gasteiger partial charge on any atom is -0.407 e. The number of nitrogens with zero attached hydrogens (tertiary/aromatic N) is 3. The minimum absolute atomic E-state index is 0.0755. The molecule has 2 rings (SSSR count). The van der Waals surface area contributed by atoms with Gasteiger partial charge in [-0.3, -0.25) is 4.98 Å². The van der Waals surface area contributed by atoms with Gasteiger partial charge >= 0.3 is 6.01 Å². The Morgan fingerprint density at radius 2 is 2.29 bits per heavy atom. The predicted molar refractivity (Wildman–Crippen MR) is 63.3 cm³/mol. The fourth-order valence-electron chi connectivity index (χ4n) is 1.44. The average Bonchev–Trinajstić information content (AvgIpc) is 2.78. The second-order valence-corrected chi connectivity index (χ2v) is 3.68. The van der Waals surface area contributed by atoms with Gasteiger partial charge in [0, 0.05) is 12.4 Å². The van der Waals surface area contributed by atoms with Crippen molar-refractivity contribution in [3.8, 4) is 0 Å². The summed E-state index contributed by atoms with van der Waals surface area (Å²) in [5, 5.41) is 13.9. The molecule has 0 aromatic carbocycles. The summed E-state index contributed by atoms with van der Waals surface area (Å²) in [6, 6.07) is 4.39. The van der Waals surface area contributed by atoms with Crippen molar-refractivity contribution in [2.24, 2.45) is 0 Å². The highest BCUT2D eigenvalue weighted by molar-refractivity contribution is 5.26. The van der Waals surface area contributed by atoms with Gasteiger partial charge in [0.15, 0.2) is 0 Å². The Morgan fingerprint density at radius 1 is 1.41 bits per heavy atom. The van der Waals surface area contributed by atoms with Crippen molar-refractivity contribution in [2.75, 3.05) is 12.4 Å². The summed E-state index contributed by atoms with van der Waals surface area (Å²) in [4.78, 5) is 4.07. The van der Waals surface area contributed by atoms with Crippen molar-refractivity contribution in [2.45, 2.75) is 19.5 Å². The molecule has 1 atom stereocenters. The van der Waals surface area contributed by atoms with E-state index in [0.717, 1.165) is 5.56 Å². The van der Waals surface area contributed by atoms with Crippen LogP contribution in [0.1, 0.15) is 24.4 Å². The van der Waals surface area contributed by atoms with Crippen LogP contribution < -0.4 is 10.6 Å². The molecule has 0 fully saturated rings. The molecule has 0 amide bonds. The summed E-state index contributed by atoms with van der Waals surface area (Å²) in [5.41, 5.74) is 1.07. The van der Waals surface area contributed by atoms with E-state index in [2.05, 4.69) is 25.8 Å². The quantitative estimate of drug-likeness (QED) is 0.812. The van der Waals surface area contributed by atoms with Gasteiger partial charge in [-0.1, -0.05) is 11.2 Å². The van der Waals surface area contributed by atoms with Crippen LogP contribution in [0.4, 0.5) is 6.01 Å². The highest BCUT2D eigenvalue weighted by atomic mass is 16.4. The third kappa shape index (κ3) is 3.01. The zero-order valence-corrected chi connectivity index (χ0v) is 9.84. The summed E-state index contributed by atoms with van der Waals surface area (Å²) < 4.78 is 5.40. The maximum atomic E-state index is 5.40. The van der Waals surface area contributed by atoms with Crippen molar-refractivity contribution in [1.82, 2.24) is 20.5 Å². The fraction of sp³-hybridized carbons (Fsp3) is 0.364. The highest BCUT2D eigenvalue weighted by Gasteiger charge is 2.10. The first kappa shape index (κ1) is 11.5. The van der Waals surface area contributed by atoms with E-state index < -0.39 is 0 Å². The molecule has 0 spiro atoms. The third-order valence-corrected chi connectivity index (χ3v) is 2.32. The number of hydrogen-bond donors (Lipinski definition) is 2. The Hall–Kier alpha value is -1.95. The van der Waals surface area contributed by atoms with Crippen molar-refractivity contribution in [3.63, 3.8) is 0 Å². The van der Waals surface area contributed by atoms with Gasteiger partial charge in [-0.05, 0) is 25.6 Å². The SMILES string of the molecule is CNCc1nnc(NC(C)c2cccnc2)o1. The van der Waals surface area contributed by atoms with Gasteiger partial charge in [-0.25, -0.2) is 0 Å². The van der Waals surface area contributed by atoms with E-state index >= 15 is 0 Å².